The molecule has 0 amide bonds. The Morgan fingerprint density at radius 1 is 1.21 bits per heavy atom. The van der Waals surface area contributed by atoms with E-state index in [9.17, 15) is 14.4 Å². The van der Waals surface area contributed by atoms with Gasteiger partial charge < -0.3 is 20.1 Å². The first-order valence-electron chi connectivity index (χ1n) is 15.8. The number of unbranched alkanes of at least 4 members (excludes halogenated alkanes) is 1. The lowest BCUT2D eigenvalue weighted by molar-refractivity contribution is -0.699. The summed E-state index contributed by atoms with van der Waals surface area (Å²) in [6.45, 7) is 9.54. The molecule has 8 heteroatoms. The van der Waals surface area contributed by atoms with E-state index in [4.69, 9.17) is 15.2 Å². The predicted octanol–water partition coefficient (Wildman–Crippen LogP) is 1.76. The van der Waals surface area contributed by atoms with Crippen LogP contribution in [0.2, 0.25) is 0 Å². The van der Waals surface area contributed by atoms with Crippen molar-refractivity contribution in [1.82, 2.24) is 0 Å². The number of hydrogen-bond acceptors (Lipinski definition) is 6. The predicted molar refractivity (Wildman–Crippen MR) is 148 cm³/mol. The second kappa shape index (κ2) is 13.4. The summed E-state index contributed by atoms with van der Waals surface area (Å²) in [4.78, 5) is 41.5. The highest BCUT2D eigenvalue weighted by molar-refractivity contribution is 6.23. The van der Waals surface area contributed by atoms with Gasteiger partial charge in [0.15, 0.2) is 17.2 Å². The van der Waals surface area contributed by atoms with Crippen molar-refractivity contribution in [2.45, 2.75) is 115 Å². The fourth-order valence-electron chi connectivity index (χ4n) is 7.34. The standard InChI is InChI=1S/C31H51N3O5/c1-4-6-9-23(19-33-5-2)20-38-29(37)31-28(36)25-11-8-7-10-24(25)27(35)30(31,39-31)16-14-21(3)12-13-22-15-17-34-26(32)18-22/h14,22-26,33-34H,4-13,15-20,32H2,1-3H3/p+2/t22?,23-,24?,25?,26?,30+,31+/m1/s1. The molecule has 2 saturated heterocycles. The summed E-state index contributed by atoms with van der Waals surface area (Å²) in [5.41, 5.74) is 4.15. The Bertz CT molecular complexity index is 914. The average Bonchev–Trinajstić information content (AvgIpc) is 3.65. The fraction of sp³-hybridized carbons (Fsp3) is 0.839. The molecule has 0 aromatic rings. The Balaban J connectivity index is 1.47. The molecular weight excluding hydrogens is 494 g/mol. The highest BCUT2D eigenvalue weighted by Crippen LogP contribution is 2.61. The van der Waals surface area contributed by atoms with E-state index < -0.39 is 23.1 Å². The van der Waals surface area contributed by atoms with Gasteiger partial charge in [0.1, 0.15) is 6.17 Å². The van der Waals surface area contributed by atoms with Gasteiger partial charge in [0.2, 0.25) is 0 Å². The number of ether oxygens (including phenoxy) is 2. The van der Waals surface area contributed by atoms with Crippen LogP contribution in [0.3, 0.4) is 0 Å². The molecule has 8 nitrogen and oxygen atoms in total. The first-order chi connectivity index (χ1) is 18.8. The number of ketones is 2. The molecular formula is C31H53N3O5+2. The van der Waals surface area contributed by atoms with Crippen molar-refractivity contribution >= 4 is 17.5 Å². The highest BCUT2D eigenvalue weighted by Gasteiger charge is 2.86. The molecule has 220 valence electrons. The summed E-state index contributed by atoms with van der Waals surface area (Å²) >= 11 is 0. The molecule has 2 saturated carbocycles. The lowest BCUT2D eigenvalue weighted by Gasteiger charge is -2.36. The van der Waals surface area contributed by atoms with Crippen molar-refractivity contribution in [2.75, 3.05) is 26.2 Å². The van der Waals surface area contributed by atoms with E-state index in [0.717, 1.165) is 71.0 Å². The molecule has 2 aliphatic heterocycles. The molecule has 7 atom stereocenters. The van der Waals surface area contributed by atoms with Crippen molar-refractivity contribution in [3.63, 3.8) is 0 Å². The van der Waals surface area contributed by atoms with Crippen LogP contribution in [0.15, 0.2) is 11.6 Å². The third kappa shape index (κ3) is 6.34. The van der Waals surface area contributed by atoms with Crippen molar-refractivity contribution in [3.8, 4) is 0 Å². The number of quaternary nitrogens is 2. The first kappa shape index (κ1) is 30.4. The van der Waals surface area contributed by atoms with Crippen LogP contribution in [-0.4, -0.2) is 61.1 Å². The summed E-state index contributed by atoms with van der Waals surface area (Å²) < 4.78 is 12.0. The first-order valence-corrected chi connectivity index (χ1v) is 15.8. The van der Waals surface area contributed by atoms with Crippen LogP contribution in [0.1, 0.15) is 97.8 Å². The molecule has 4 unspecified atom stereocenters. The third-order valence-corrected chi connectivity index (χ3v) is 9.87. The molecule has 0 aromatic heterocycles. The van der Waals surface area contributed by atoms with Gasteiger partial charge in [-0.2, -0.15) is 0 Å². The molecule has 4 aliphatic rings. The van der Waals surface area contributed by atoms with Crippen LogP contribution in [0, 0.1) is 23.7 Å². The zero-order valence-electron chi connectivity index (χ0n) is 24.6. The maximum Gasteiger partial charge on any atom is 0.350 e. The van der Waals surface area contributed by atoms with Crippen LogP contribution in [0.5, 0.6) is 0 Å². The van der Waals surface area contributed by atoms with Gasteiger partial charge in [-0.15, -0.1) is 0 Å². The molecule has 2 heterocycles. The van der Waals surface area contributed by atoms with Crippen LogP contribution in [0.25, 0.3) is 0 Å². The topological polar surface area (TPSA) is 132 Å². The van der Waals surface area contributed by atoms with Gasteiger partial charge >= 0.3 is 5.97 Å². The summed E-state index contributed by atoms with van der Waals surface area (Å²) in [5.74, 6) is -0.812. The van der Waals surface area contributed by atoms with E-state index in [2.05, 4.69) is 31.4 Å². The van der Waals surface area contributed by atoms with Gasteiger partial charge in [-0.1, -0.05) is 44.3 Å². The van der Waals surface area contributed by atoms with Crippen molar-refractivity contribution in [3.05, 3.63) is 11.6 Å². The van der Waals surface area contributed by atoms with E-state index in [1.165, 1.54) is 12.0 Å². The SMILES string of the molecule is CCCC[C@H](C[NH2+]CC)COC(=O)[C@]12O[C@@]1(CC=C(C)CCC1CC[NH2+]C(N)C1)C(=O)C1CCCCC1C2=O. The molecule has 0 radical (unpaired) electrons. The third-order valence-electron chi connectivity index (χ3n) is 9.87. The summed E-state index contributed by atoms with van der Waals surface area (Å²) in [6, 6.07) is 0. The normalized spacial score (nSPS) is 35.2. The van der Waals surface area contributed by atoms with Gasteiger partial charge in [0, 0.05) is 30.6 Å². The van der Waals surface area contributed by atoms with Crippen molar-refractivity contribution in [2.24, 2.45) is 29.4 Å². The quantitative estimate of drug-likeness (QED) is 0.131. The lowest BCUT2D eigenvalue weighted by atomic mass is 9.61. The van der Waals surface area contributed by atoms with Crippen molar-refractivity contribution < 1.29 is 34.5 Å². The number of allylic oxidation sites excluding steroid dienone is 1. The summed E-state index contributed by atoms with van der Waals surface area (Å²) in [5, 5.41) is 4.43. The highest BCUT2D eigenvalue weighted by atomic mass is 16.7. The Hall–Kier alpha value is -1.61. The molecule has 6 N–H and O–H groups in total. The number of carbonyl (C=O) groups is 3. The number of epoxide rings is 1. The Labute approximate surface area is 234 Å². The number of Topliss-reactive ketones (excluding diaryl/α,β-unsaturated/α-hetero) is 2. The maximum atomic E-state index is 13.9. The Morgan fingerprint density at radius 3 is 2.64 bits per heavy atom. The van der Waals surface area contributed by atoms with Crippen molar-refractivity contribution in [1.29, 1.82) is 0 Å². The number of rotatable bonds is 14. The van der Waals surface area contributed by atoms with E-state index >= 15 is 0 Å². The van der Waals surface area contributed by atoms with Gasteiger partial charge in [0.25, 0.3) is 5.60 Å². The smallest absolute Gasteiger partial charge is 0.350 e. The van der Waals surface area contributed by atoms with Crippen LogP contribution < -0.4 is 16.4 Å². The zero-order chi connectivity index (χ0) is 28.0. The van der Waals surface area contributed by atoms with E-state index in [1.807, 2.05) is 6.08 Å². The minimum Gasteiger partial charge on any atom is -0.463 e. The number of nitrogens with two attached hydrogens (primary N) is 3. The maximum absolute atomic E-state index is 13.9. The molecule has 0 bridgehead atoms. The molecule has 0 spiro atoms. The molecule has 4 rings (SSSR count). The van der Waals surface area contributed by atoms with E-state index in [-0.39, 0.29) is 42.6 Å². The number of esters is 1. The minimum atomic E-state index is -1.75. The Morgan fingerprint density at radius 2 is 1.95 bits per heavy atom. The minimum absolute atomic E-state index is 0.0524. The largest absolute Gasteiger partial charge is 0.463 e. The number of hydrogen-bond donors (Lipinski definition) is 3. The van der Waals surface area contributed by atoms with E-state index in [1.54, 1.807) is 0 Å². The summed E-state index contributed by atoms with van der Waals surface area (Å²) in [6.07, 6.45) is 13.0. The van der Waals surface area contributed by atoms with Gasteiger partial charge in [-0.05, 0) is 58.3 Å². The summed E-state index contributed by atoms with van der Waals surface area (Å²) in [7, 11) is 0. The van der Waals surface area contributed by atoms with E-state index in [0.29, 0.717) is 18.8 Å². The monoisotopic (exact) mass is 547 g/mol. The average molecular weight is 548 g/mol. The molecule has 0 aromatic carbocycles. The van der Waals surface area contributed by atoms with Gasteiger partial charge in [0.05, 0.1) is 26.2 Å². The van der Waals surface area contributed by atoms with Crippen LogP contribution in [-0.2, 0) is 23.9 Å². The number of piperidine rings is 1. The molecule has 4 fully saturated rings. The number of fused-ring (bicyclic) bond motifs is 2. The molecule has 39 heavy (non-hydrogen) atoms. The second-order valence-corrected chi connectivity index (χ2v) is 12.7. The van der Waals surface area contributed by atoms with Crippen LogP contribution >= 0.6 is 0 Å². The van der Waals surface area contributed by atoms with Crippen LogP contribution in [0.4, 0.5) is 0 Å². The van der Waals surface area contributed by atoms with Gasteiger partial charge in [-0.25, -0.2) is 4.79 Å². The number of carbonyl (C=O) groups excluding carboxylic acids is 3. The Kier molecular flexibility index (Phi) is 10.4. The second-order valence-electron chi connectivity index (χ2n) is 12.7. The lowest BCUT2D eigenvalue weighted by Crippen LogP contribution is -2.94. The fourth-order valence-corrected chi connectivity index (χ4v) is 7.34. The molecule has 2 aliphatic carbocycles. The van der Waals surface area contributed by atoms with Gasteiger partial charge in [-0.3, -0.25) is 15.3 Å². The zero-order valence-corrected chi connectivity index (χ0v) is 24.6.